The number of nitrogens with two attached hydrogens (primary N) is 1. The SMILES string of the molecule is NC(=O)c1ccc(SCC(=O)NCCc2ccc(C(F)(F)F)cc2)c([N+](=O)[O-])c1. The zero-order valence-electron chi connectivity index (χ0n) is 14.9. The fourth-order valence-electron chi connectivity index (χ4n) is 2.34. The summed E-state index contributed by atoms with van der Waals surface area (Å²) >= 11 is 0.924. The maximum absolute atomic E-state index is 12.5. The number of primary amides is 1. The lowest BCUT2D eigenvalue weighted by Crippen LogP contribution is -2.27. The highest BCUT2D eigenvalue weighted by molar-refractivity contribution is 8.00. The van der Waals surface area contributed by atoms with Crippen LogP contribution in [0.4, 0.5) is 18.9 Å². The molecule has 0 fully saturated rings. The molecule has 0 unspecified atom stereocenters. The average Bonchev–Trinajstić information content (AvgIpc) is 2.65. The number of rotatable bonds is 8. The van der Waals surface area contributed by atoms with E-state index in [4.69, 9.17) is 5.73 Å². The van der Waals surface area contributed by atoms with E-state index in [1.165, 1.54) is 24.3 Å². The van der Waals surface area contributed by atoms with E-state index in [0.717, 1.165) is 30.0 Å². The number of thioether (sulfide) groups is 1. The molecule has 0 aliphatic carbocycles. The quantitative estimate of drug-likeness (QED) is 0.381. The number of nitro groups is 1. The summed E-state index contributed by atoms with van der Waals surface area (Å²) in [7, 11) is 0. The van der Waals surface area contributed by atoms with Crippen molar-refractivity contribution in [2.75, 3.05) is 12.3 Å². The molecule has 0 aliphatic heterocycles. The molecule has 0 saturated carbocycles. The second-order valence-corrected chi connectivity index (χ2v) is 6.90. The zero-order chi connectivity index (χ0) is 21.6. The van der Waals surface area contributed by atoms with Crippen LogP contribution in [0.5, 0.6) is 0 Å². The van der Waals surface area contributed by atoms with Gasteiger partial charge in [0.15, 0.2) is 0 Å². The predicted octanol–water partition coefficient (Wildman–Crippen LogP) is 3.16. The van der Waals surface area contributed by atoms with Crippen LogP contribution in [0.15, 0.2) is 47.4 Å². The van der Waals surface area contributed by atoms with Crippen molar-refractivity contribution in [2.24, 2.45) is 5.73 Å². The van der Waals surface area contributed by atoms with Crippen LogP contribution in [0.25, 0.3) is 0 Å². The van der Waals surface area contributed by atoms with Gasteiger partial charge in [-0.15, -0.1) is 11.8 Å². The van der Waals surface area contributed by atoms with E-state index in [1.54, 1.807) is 0 Å². The fourth-order valence-corrected chi connectivity index (χ4v) is 3.17. The molecule has 2 aromatic carbocycles. The van der Waals surface area contributed by atoms with Gasteiger partial charge < -0.3 is 11.1 Å². The molecular formula is C18H16F3N3O4S. The third-order valence-corrected chi connectivity index (χ3v) is 4.88. The Morgan fingerprint density at radius 3 is 2.34 bits per heavy atom. The van der Waals surface area contributed by atoms with E-state index >= 15 is 0 Å². The molecule has 2 rings (SSSR count). The Bertz CT molecular complexity index is 918. The number of benzene rings is 2. The molecule has 2 aromatic rings. The number of nitro benzene ring substituents is 1. The average molecular weight is 427 g/mol. The molecule has 0 spiro atoms. The van der Waals surface area contributed by atoms with E-state index in [0.29, 0.717) is 12.0 Å². The van der Waals surface area contributed by atoms with Gasteiger partial charge >= 0.3 is 6.18 Å². The smallest absolute Gasteiger partial charge is 0.366 e. The first-order chi connectivity index (χ1) is 13.6. The fraction of sp³-hybridized carbons (Fsp3) is 0.222. The molecule has 154 valence electrons. The minimum Gasteiger partial charge on any atom is -0.366 e. The van der Waals surface area contributed by atoms with Crippen molar-refractivity contribution >= 4 is 29.3 Å². The van der Waals surface area contributed by atoms with Crippen LogP contribution in [-0.2, 0) is 17.4 Å². The molecule has 0 saturated heterocycles. The van der Waals surface area contributed by atoms with E-state index < -0.39 is 28.5 Å². The number of hydrogen-bond acceptors (Lipinski definition) is 5. The number of carbonyl (C=O) groups excluding carboxylic acids is 2. The van der Waals surface area contributed by atoms with Crippen molar-refractivity contribution in [1.82, 2.24) is 5.32 Å². The molecule has 0 bridgehead atoms. The first-order valence-electron chi connectivity index (χ1n) is 8.22. The molecule has 2 amide bonds. The minimum absolute atomic E-state index is 0.0120. The Balaban J connectivity index is 1.86. The van der Waals surface area contributed by atoms with Gasteiger partial charge in [-0.1, -0.05) is 12.1 Å². The summed E-state index contributed by atoms with van der Waals surface area (Å²) in [5.74, 6) is -1.30. The second kappa shape index (κ2) is 9.41. The predicted molar refractivity (Wildman–Crippen MR) is 100 cm³/mol. The van der Waals surface area contributed by atoms with E-state index in [1.807, 2.05) is 0 Å². The Kier molecular flexibility index (Phi) is 7.21. The Labute approximate surface area is 167 Å². The standard InChI is InChI=1S/C18H16F3N3O4S/c19-18(20,21)13-4-1-11(2-5-13)7-8-23-16(25)10-29-15-6-3-12(17(22)26)9-14(15)24(27)28/h1-6,9H,7-8,10H2,(H2,22,26)(H,23,25). The molecule has 0 atom stereocenters. The number of nitrogens with zero attached hydrogens (tertiary/aromatic N) is 1. The highest BCUT2D eigenvalue weighted by Crippen LogP contribution is 2.30. The third-order valence-electron chi connectivity index (χ3n) is 3.82. The van der Waals surface area contributed by atoms with Gasteiger partial charge in [-0.2, -0.15) is 13.2 Å². The Morgan fingerprint density at radius 1 is 1.14 bits per heavy atom. The molecule has 3 N–H and O–H groups in total. The van der Waals surface area contributed by atoms with E-state index in [-0.39, 0.29) is 28.4 Å². The molecule has 0 aromatic heterocycles. The van der Waals surface area contributed by atoms with Gasteiger partial charge in [0.05, 0.1) is 21.1 Å². The highest BCUT2D eigenvalue weighted by atomic mass is 32.2. The van der Waals surface area contributed by atoms with E-state index in [9.17, 15) is 32.9 Å². The summed E-state index contributed by atoms with van der Waals surface area (Å²) in [6.07, 6.45) is -4.07. The summed E-state index contributed by atoms with van der Waals surface area (Å²) in [5.41, 5.74) is 4.64. The van der Waals surface area contributed by atoms with Gasteiger partial charge in [0, 0.05) is 18.2 Å². The van der Waals surface area contributed by atoms with Gasteiger partial charge in [-0.3, -0.25) is 19.7 Å². The molecule has 29 heavy (non-hydrogen) atoms. The maximum Gasteiger partial charge on any atom is 0.416 e. The van der Waals surface area contributed by atoms with Crippen LogP contribution in [0.1, 0.15) is 21.5 Å². The van der Waals surface area contributed by atoms with Crippen molar-refractivity contribution in [3.63, 3.8) is 0 Å². The topological polar surface area (TPSA) is 115 Å². The molecule has 0 radical (unpaired) electrons. The van der Waals surface area contributed by atoms with Gasteiger partial charge in [0.1, 0.15) is 0 Å². The number of nitrogens with one attached hydrogen (secondary N) is 1. The number of halogens is 3. The lowest BCUT2D eigenvalue weighted by Gasteiger charge is -2.08. The van der Waals surface area contributed by atoms with Crippen LogP contribution in [0.2, 0.25) is 0 Å². The molecular weight excluding hydrogens is 411 g/mol. The monoisotopic (exact) mass is 427 g/mol. The van der Waals surface area contributed by atoms with Gasteiger partial charge in [-0.05, 0) is 36.2 Å². The van der Waals surface area contributed by atoms with Crippen molar-refractivity contribution in [1.29, 1.82) is 0 Å². The van der Waals surface area contributed by atoms with Crippen molar-refractivity contribution in [3.8, 4) is 0 Å². The highest BCUT2D eigenvalue weighted by Gasteiger charge is 2.29. The van der Waals surface area contributed by atoms with Gasteiger partial charge in [0.2, 0.25) is 11.8 Å². The summed E-state index contributed by atoms with van der Waals surface area (Å²) in [6.45, 7) is 0.202. The second-order valence-electron chi connectivity index (χ2n) is 5.89. The van der Waals surface area contributed by atoms with Gasteiger partial charge in [0.25, 0.3) is 5.69 Å². The molecule has 0 aliphatic rings. The van der Waals surface area contributed by atoms with Gasteiger partial charge in [-0.25, -0.2) is 0 Å². The minimum atomic E-state index is -4.40. The lowest BCUT2D eigenvalue weighted by molar-refractivity contribution is -0.387. The van der Waals surface area contributed by atoms with Crippen LogP contribution < -0.4 is 11.1 Å². The first kappa shape index (κ1) is 22.2. The summed E-state index contributed by atoms with van der Waals surface area (Å²) in [6, 6.07) is 8.36. The van der Waals surface area contributed by atoms with Crippen LogP contribution in [0, 0.1) is 10.1 Å². The molecule has 11 heteroatoms. The number of carbonyl (C=O) groups is 2. The number of alkyl halides is 3. The largest absolute Gasteiger partial charge is 0.416 e. The Hall–Kier alpha value is -3.08. The summed E-state index contributed by atoms with van der Waals surface area (Å²) < 4.78 is 37.6. The first-order valence-corrected chi connectivity index (χ1v) is 9.20. The Morgan fingerprint density at radius 2 is 1.79 bits per heavy atom. The van der Waals surface area contributed by atoms with Crippen molar-refractivity contribution < 1.29 is 27.7 Å². The lowest BCUT2D eigenvalue weighted by atomic mass is 10.1. The normalized spacial score (nSPS) is 11.1. The van der Waals surface area contributed by atoms with Crippen LogP contribution >= 0.6 is 11.8 Å². The van der Waals surface area contributed by atoms with Crippen molar-refractivity contribution in [2.45, 2.75) is 17.5 Å². The van der Waals surface area contributed by atoms with Crippen molar-refractivity contribution in [3.05, 3.63) is 69.3 Å². The van der Waals surface area contributed by atoms with Crippen LogP contribution in [-0.4, -0.2) is 29.0 Å². The molecule has 7 nitrogen and oxygen atoms in total. The summed E-state index contributed by atoms with van der Waals surface area (Å²) in [5, 5.41) is 13.7. The summed E-state index contributed by atoms with van der Waals surface area (Å²) in [4.78, 5) is 33.7. The van der Waals surface area contributed by atoms with E-state index in [2.05, 4.69) is 5.32 Å². The number of amides is 2. The zero-order valence-corrected chi connectivity index (χ0v) is 15.7. The third kappa shape index (κ3) is 6.49. The van der Waals surface area contributed by atoms with Crippen LogP contribution in [0.3, 0.4) is 0 Å². The molecule has 0 heterocycles. The number of hydrogen-bond donors (Lipinski definition) is 2. The maximum atomic E-state index is 12.5.